The molecule has 0 aliphatic carbocycles. The van der Waals surface area contributed by atoms with E-state index in [1.165, 1.54) is 0 Å². The Kier molecular flexibility index (Phi) is 4.56. The molecule has 1 atom stereocenters. The lowest BCUT2D eigenvalue weighted by atomic mass is 10.1. The monoisotopic (exact) mass is 277 g/mol. The van der Waals surface area contributed by atoms with Gasteiger partial charge in [-0.05, 0) is 35.9 Å². The molecule has 0 spiro atoms. The molecule has 0 fully saturated rings. The van der Waals surface area contributed by atoms with Crippen molar-refractivity contribution in [3.8, 4) is 12.1 Å². The standard InChI is InChI=1S/C17H15N3O/c1-20(16-4-2-3-14(9-16)11-19)12-17(21)15-7-5-13(10-18)6-8-15/h2-9,17,21H,12H2,1H3. The molecule has 0 radical (unpaired) electrons. The topological polar surface area (TPSA) is 71.0 Å². The predicted octanol–water partition coefficient (Wildman–Crippen LogP) is 2.60. The van der Waals surface area contributed by atoms with Gasteiger partial charge in [-0.3, -0.25) is 0 Å². The molecule has 2 aromatic rings. The summed E-state index contributed by atoms with van der Waals surface area (Å²) in [6.45, 7) is 0.404. The van der Waals surface area contributed by atoms with E-state index in [4.69, 9.17) is 10.5 Å². The second-order valence-electron chi connectivity index (χ2n) is 4.79. The van der Waals surface area contributed by atoms with E-state index in [-0.39, 0.29) is 0 Å². The van der Waals surface area contributed by atoms with Gasteiger partial charge < -0.3 is 10.0 Å². The maximum Gasteiger partial charge on any atom is 0.0992 e. The third-order valence-electron chi connectivity index (χ3n) is 3.29. The molecular formula is C17H15N3O. The number of nitriles is 2. The van der Waals surface area contributed by atoms with Gasteiger partial charge in [0.25, 0.3) is 0 Å². The van der Waals surface area contributed by atoms with Crippen molar-refractivity contribution in [2.24, 2.45) is 0 Å². The quantitative estimate of drug-likeness (QED) is 0.932. The van der Waals surface area contributed by atoms with E-state index in [1.54, 1.807) is 36.4 Å². The Morgan fingerprint density at radius 2 is 1.71 bits per heavy atom. The van der Waals surface area contributed by atoms with Crippen molar-refractivity contribution >= 4 is 5.69 Å². The fourth-order valence-corrected chi connectivity index (χ4v) is 2.06. The van der Waals surface area contributed by atoms with E-state index in [1.807, 2.05) is 30.1 Å². The maximum atomic E-state index is 10.3. The Balaban J connectivity index is 2.09. The first-order valence-electron chi connectivity index (χ1n) is 6.53. The number of aliphatic hydroxyl groups is 1. The number of rotatable bonds is 4. The van der Waals surface area contributed by atoms with Gasteiger partial charge in [-0.1, -0.05) is 18.2 Å². The van der Waals surface area contributed by atoms with Crippen LogP contribution in [0, 0.1) is 22.7 Å². The maximum absolute atomic E-state index is 10.3. The summed E-state index contributed by atoms with van der Waals surface area (Å²) in [6, 6.07) is 18.3. The fourth-order valence-electron chi connectivity index (χ4n) is 2.06. The second-order valence-corrected chi connectivity index (χ2v) is 4.79. The lowest BCUT2D eigenvalue weighted by Crippen LogP contribution is -2.24. The summed E-state index contributed by atoms with van der Waals surface area (Å²) in [5.41, 5.74) is 2.80. The van der Waals surface area contributed by atoms with Gasteiger partial charge in [0.2, 0.25) is 0 Å². The minimum Gasteiger partial charge on any atom is -0.387 e. The van der Waals surface area contributed by atoms with Crippen molar-refractivity contribution in [2.45, 2.75) is 6.10 Å². The molecule has 0 amide bonds. The van der Waals surface area contributed by atoms with Gasteiger partial charge in [-0.15, -0.1) is 0 Å². The van der Waals surface area contributed by atoms with Crippen LogP contribution in [0.15, 0.2) is 48.5 Å². The number of aliphatic hydroxyl groups excluding tert-OH is 1. The molecular weight excluding hydrogens is 262 g/mol. The van der Waals surface area contributed by atoms with Gasteiger partial charge in [0, 0.05) is 19.3 Å². The molecule has 104 valence electrons. The van der Waals surface area contributed by atoms with Crippen LogP contribution in [0.1, 0.15) is 22.8 Å². The highest BCUT2D eigenvalue weighted by Crippen LogP contribution is 2.19. The van der Waals surface area contributed by atoms with Crippen molar-refractivity contribution in [3.05, 3.63) is 65.2 Å². The molecule has 2 rings (SSSR count). The van der Waals surface area contributed by atoms with Crippen LogP contribution in [-0.2, 0) is 0 Å². The van der Waals surface area contributed by atoms with Crippen molar-refractivity contribution in [3.63, 3.8) is 0 Å². The SMILES string of the molecule is CN(CC(O)c1ccc(C#N)cc1)c1cccc(C#N)c1. The Morgan fingerprint density at radius 1 is 1.05 bits per heavy atom. The van der Waals surface area contributed by atoms with Crippen LogP contribution in [0.2, 0.25) is 0 Å². The molecule has 1 unspecified atom stereocenters. The number of benzene rings is 2. The highest BCUT2D eigenvalue weighted by molar-refractivity contribution is 5.51. The number of likely N-dealkylation sites (N-methyl/N-ethyl adjacent to an activating group) is 1. The minimum atomic E-state index is -0.659. The van der Waals surface area contributed by atoms with Gasteiger partial charge in [-0.25, -0.2) is 0 Å². The lowest BCUT2D eigenvalue weighted by Gasteiger charge is -2.23. The fraction of sp³-hybridized carbons (Fsp3) is 0.176. The van der Waals surface area contributed by atoms with Crippen LogP contribution in [0.3, 0.4) is 0 Å². The number of hydrogen-bond acceptors (Lipinski definition) is 4. The Morgan fingerprint density at radius 3 is 2.33 bits per heavy atom. The third-order valence-corrected chi connectivity index (χ3v) is 3.29. The summed E-state index contributed by atoms with van der Waals surface area (Å²) in [4.78, 5) is 1.89. The van der Waals surface area contributed by atoms with E-state index in [0.29, 0.717) is 17.7 Å². The van der Waals surface area contributed by atoms with Crippen LogP contribution >= 0.6 is 0 Å². The first-order chi connectivity index (χ1) is 10.1. The Bertz CT molecular complexity index is 695. The zero-order valence-electron chi connectivity index (χ0n) is 11.7. The molecule has 4 nitrogen and oxygen atoms in total. The van der Waals surface area contributed by atoms with Crippen LogP contribution < -0.4 is 4.90 Å². The molecule has 4 heteroatoms. The molecule has 0 bridgehead atoms. The van der Waals surface area contributed by atoms with Crippen molar-refractivity contribution in [1.82, 2.24) is 0 Å². The number of anilines is 1. The number of hydrogen-bond donors (Lipinski definition) is 1. The molecule has 21 heavy (non-hydrogen) atoms. The second kappa shape index (κ2) is 6.56. The molecule has 0 heterocycles. The predicted molar refractivity (Wildman–Crippen MR) is 80.5 cm³/mol. The van der Waals surface area contributed by atoms with Crippen LogP contribution in [-0.4, -0.2) is 18.7 Å². The van der Waals surface area contributed by atoms with Crippen LogP contribution in [0.4, 0.5) is 5.69 Å². The smallest absolute Gasteiger partial charge is 0.0992 e. The zero-order chi connectivity index (χ0) is 15.2. The molecule has 0 saturated carbocycles. The van der Waals surface area contributed by atoms with Gasteiger partial charge in [-0.2, -0.15) is 10.5 Å². The van der Waals surface area contributed by atoms with E-state index in [2.05, 4.69) is 6.07 Å². The van der Waals surface area contributed by atoms with Crippen molar-refractivity contribution in [2.75, 3.05) is 18.5 Å². The molecule has 1 N–H and O–H groups in total. The molecule has 0 aliphatic rings. The third kappa shape index (κ3) is 3.60. The highest BCUT2D eigenvalue weighted by Gasteiger charge is 2.11. The van der Waals surface area contributed by atoms with Gasteiger partial charge in [0.15, 0.2) is 0 Å². The normalized spacial score (nSPS) is 11.2. The van der Waals surface area contributed by atoms with Crippen molar-refractivity contribution in [1.29, 1.82) is 10.5 Å². The molecule has 0 saturated heterocycles. The summed E-state index contributed by atoms with van der Waals surface area (Å²) < 4.78 is 0. The van der Waals surface area contributed by atoms with Gasteiger partial charge in [0.1, 0.15) is 0 Å². The van der Waals surface area contributed by atoms with E-state index < -0.39 is 6.10 Å². The zero-order valence-corrected chi connectivity index (χ0v) is 11.7. The molecule has 0 aromatic heterocycles. The van der Waals surface area contributed by atoms with Gasteiger partial charge >= 0.3 is 0 Å². The van der Waals surface area contributed by atoms with E-state index >= 15 is 0 Å². The Hall–Kier alpha value is -2.82. The largest absolute Gasteiger partial charge is 0.387 e. The van der Waals surface area contributed by atoms with E-state index in [9.17, 15) is 5.11 Å². The van der Waals surface area contributed by atoms with Crippen LogP contribution in [0.5, 0.6) is 0 Å². The molecule has 0 aliphatic heterocycles. The Labute approximate surface area is 124 Å². The average Bonchev–Trinajstić information content (AvgIpc) is 2.54. The van der Waals surface area contributed by atoms with Crippen molar-refractivity contribution < 1.29 is 5.11 Å². The summed E-state index contributed by atoms with van der Waals surface area (Å²) >= 11 is 0. The van der Waals surface area contributed by atoms with Crippen LogP contribution in [0.25, 0.3) is 0 Å². The summed E-state index contributed by atoms with van der Waals surface area (Å²) in [5, 5.41) is 27.9. The molecule has 2 aromatic carbocycles. The first-order valence-corrected chi connectivity index (χ1v) is 6.53. The minimum absolute atomic E-state index is 0.404. The number of nitrogens with zero attached hydrogens (tertiary/aromatic N) is 3. The first kappa shape index (κ1) is 14.6. The highest BCUT2D eigenvalue weighted by atomic mass is 16.3. The summed E-state index contributed by atoms with van der Waals surface area (Å²) in [6.07, 6.45) is -0.659. The average molecular weight is 277 g/mol. The summed E-state index contributed by atoms with van der Waals surface area (Å²) in [5.74, 6) is 0. The van der Waals surface area contributed by atoms with Gasteiger partial charge in [0.05, 0.1) is 29.4 Å². The summed E-state index contributed by atoms with van der Waals surface area (Å²) in [7, 11) is 1.86. The van der Waals surface area contributed by atoms with E-state index in [0.717, 1.165) is 11.3 Å². The lowest BCUT2D eigenvalue weighted by molar-refractivity contribution is 0.185.